The topological polar surface area (TPSA) is 345 Å². The van der Waals surface area contributed by atoms with Gasteiger partial charge in [0.15, 0.2) is 0 Å². The van der Waals surface area contributed by atoms with Gasteiger partial charge in [-0.25, -0.2) is 0 Å². The fraction of sp³-hybridized carbons (Fsp3) is 1.00. The van der Waals surface area contributed by atoms with Gasteiger partial charge in [0.2, 0.25) is 0 Å². The van der Waals surface area contributed by atoms with Crippen molar-refractivity contribution in [2.75, 3.05) is 0 Å². The maximum atomic E-state index is 11.5. The van der Waals surface area contributed by atoms with Crippen molar-refractivity contribution >= 4 is 0 Å². The van der Waals surface area contributed by atoms with Gasteiger partial charge >= 0.3 is 215 Å². The van der Waals surface area contributed by atoms with Crippen LogP contribution in [0.3, 0.4) is 0 Å². The van der Waals surface area contributed by atoms with Crippen LogP contribution in [0.25, 0.3) is 0 Å². The molecule has 0 aromatic rings. The Labute approximate surface area is 215 Å². The van der Waals surface area contributed by atoms with Gasteiger partial charge in [0.1, 0.15) is 0 Å². The quantitative estimate of drug-likeness (QED) is 0.0609. The number of hydrogen-bond donors (Lipinski definition) is 0. The summed E-state index contributed by atoms with van der Waals surface area (Å²) >= 11 is -2.83. The van der Waals surface area contributed by atoms with Crippen LogP contribution in [0.15, 0.2) is 0 Å². The molecule has 25 heteroatoms. The first-order chi connectivity index (χ1) is 16.7. The van der Waals surface area contributed by atoms with Gasteiger partial charge in [-0.2, -0.15) is 0 Å². The van der Waals surface area contributed by atoms with E-state index in [9.17, 15) is 80.9 Å². The Morgan fingerprint density at radius 1 is 0.459 bits per heavy atom. The van der Waals surface area contributed by atoms with Crippen LogP contribution in [0.2, 0.25) is 7.86 Å². The molecule has 0 bridgehead atoms. The van der Waals surface area contributed by atoms with E-state index >= 15 is 0 Å². The van der Waals surface area contributed by atoms with Crippen LogP contribution >= 0.6 is 0 Å². The summed E-state index contributed by atoms with van der Waals surface area (Å²) in [4.78, 5) is 78.2. The van der Waals surface area contributed by atoms with E-state index in [1.54, 1.807) is 0 Å². The van der Waals surface area contributed by atoms with Gasteiger partial charge in [-0.1, -0.05) is 0 Å². The molecule has 0 radical (unpaired) electrons. The standard InChI is InChI=1S/2C6H9N4O8.Hg/c2*1-3-6(9(15)16,10(17)18)4-5(2,7(11)12)8(13)14;/h2*1,3-4H2,2H3;. The Morgan fingerprint density at radius 3 is 0.838 bits per heavy atom. The molecule has 0 aromatic carbocycles. The van der Waals surface area contributed by atoms with Crippen LogP contribution < -0.4 is 0 Å². The molecular formula is C12H18HgN8O16. The Kier molecular flexibility index (Phi) is 10.7. The van der Waals surface area contributed by atoms with E-state index in [2.05, 4.69) is 0 Å². The SMILES string of the molecule is CC(CC(C[CH2][Hg][CH2]CC(CC(C)([N+](=O)[O-])[N+](=O)[O-])([N+](=O)[O-])[N+](=O)[O-])([N+](=O)[O-])[N+](=O)[O-])([N+](=O)[O-])[N+](=O)[O-]. The molecule has 0 aliphatic rings. The number of rotatable bonds is 18. The zero-order valence-electron chi connectivity index (χ0n) is 19.1. The van der Waals surface area contributed by atoms with Crippen LogP contribution in [0, 0.1) is 80.9 Å². The molecule has 0 saturated carbocycles. The predicted octanol–water partition coefficient (Wildman–Crippen LogP) is 0.505. The van der Waals surface area contributed by atoms with Crippen LogP contribution in [0.4, 0.5) is 0 Å². The van der Waals surface area contributed by atoms with Crippen molar-refractivity contribution in [3.63, 3.8) is 0 Å². The summed E-state index contributed by atoms with van der Waals surface area (Å²) in [6.07, 6.45) is -5.66. The molecule has 0 aromatic heterocycles. The van der Waals surface area contributed by atoms with Gasteiger partial charge in [-0.15, -0.1) is 0 Å². The molecule has 0 N–H and O–H groups in total. The molecular weight excluding hydrogens is 713 g/mol. The van der Waals surface area contributed by atoms with Gasteiger partial charge in [0.25, 0.3) is 0 Å². The molecule has 24 nitrogen and oxygen atoms in total. The van der Waals surface area contributed by atoms with E-state index in [1.165, 1.54) is 0 Å². The van der Waals surface area contributed by atoms with Gasteiger partial charge in [0, 0.05) is 0 Å². The van der Waals surface area contributed by atoms with Crippen LogP contribution in [-0.4, -0.2) is 62.0 Å². The van der Waals surface area contributed by atoms with Crippen molar-refractivity contribution < 1.29 is 64.0 Å². The Hall–Kier alpha value is -3.86. The normalized spacial score (nSPS) is 12.2. The molecule has 204 valence electrons. The number of hydrogen-bond acceptors (Lipinski definition) is 16. The summed E-state index contributed by atoms with van der Waals surface area (Å²) in [6.45, 7) is 0.673. The molecule has 0 heterocycles. The van der Waals surface area contributed by atoms with Crippen LogP contribution in [0.5, 0.6) is 0 Å². The number of nitrogens with zero attached hydrogens (tertiary/aromatic N) is 8. The van der Waals surface area contributed by atoms with E-state index < -0.39 is 120 Å². The monoisotopic (exact) mass is 732 g/mol. The minimum atomic E-state index is -3.39. The molecule has 0 aliphatic heterocycles. The summed E-state index contributed by atoms with van der Waals surface area (Å²) in [5, 5.41) is 90.5. The molecule has 0 spiro atoms. The van der Waals surface area contributed by atoms with Crippen molar-refractivity contribution in [1.82, 2.24) is 0 Å². The Balaban J connectivity index is 5.92. The van der Waals surface area contributed by atoms with E-state index in [1.807, 2.05) is 0 Å². The van der Waals surface area contributed by atoms with Crippen molar-refractivity contribution in [3.05, 3.63) is 80.9 Å². The van der Waals surface area contributed by atoms with E-state index in [4.69, 9.17) is 0 Å². The summed E-state index contributed by atoms with van der Waals surface area (Å²) in [7, 11) is 0. The first kappa shape index (κ1) is 33.1. The third-order valence-electron chi connectivity index (χ3n) is 5.82. The molecule has 0 aliphatic carbocycles. The van der Waals surface area contributed by atoms with Crippen molar-refractivity contribution in [3.8, 4) is 0 Å². The summed E-state index contributed by atoms with van der Waals surface area (Å²) in [5.74, 6) is 0. The summed E-state index contributed by atoms with van der Waals surface area (Å²) in [6, 6.07) is 0. The molecule has 37 heavy (non-hydrogen) atoms. The predicted molar refractivity (Wildman–Crippen MR) is 106 cm³/mol. The first-order valence-corrected chi connectivity index (χ1v) is 17.6. The molecule has 0 atom stereocenters. The second kappa shape index (κ2) is 11.9. The Bertz CT molecular complexity index is 884. The van der Waals surface area contributed by atoms with Crippen LogP contribution in [-0.2, 0) is 24.6 Å². The third kappa shape index (κ3) is 6.67. The second-order valence-electron chi connectivity index (χ2n) is 8.37. The van der Waals surface area contributed by atoms with Crippen molar-refractivity contribution in [2.45, 2.75) is 70.0 Å². The zero-order valence-corrected chi connectivity index (χ0v) is 24.6. The van der Waals surface area contributed by atoms with E-state index in [0.29, 0.717) is 13.8 Å². The average molecular weight is 731 g/mol. The minimum absolute atomic E-state index is 0.337. The number of nitro groups is 8. The van der Waals surface area contributed by atoms with Crippen molar-refractivity contribution in [2.24, 2.45) is 0 Å². The van der Waals surface area contributed by atoms with Gasteiger partial charge in [-0.05, 0) is 0 Å². The molecule has 0 fully saturated rings. The second-order valence-corrected chi connectivity index (χ2v) is 16.6. The van der Waals surface area contributed by atoms with E-state index in [0.717, 1.165) is 0 Å². The fourth-order valence-electron chi connectivity index (χ4n) is 3.39. The zero-order chi connectivity index (χ0) is 29.6. The summed E-state index contributed by atoms with van der Waals surface area (Å²) < 4.78 is -0.860. The molecule has 0 amide bonds. The molecule has 0 unspecified atom stereocenters. The first-order valence-electron chi connectivity index (χ1n) is 9.83. The maximum absolute atomic E-state index is 11.5. The van der Waals surface area contributed by atoms with Crippen molar-refractivity contribution in [1.29, 1.82) is 0 Å². The molecule has 0 rings (SSSR count). The van der Waals surface area contributed by atoms with Gasteiger partial charge in [-0.3, -0.25) is 0 Å². The summed E-state index contributed by atoms with van der Waals surface area (Å²) in [5.41, 5.74) is -13.4. The Morgan fingerprint density at radius 2 is 0.676 bits per heavy atom. The van der Waals surface area contributed by atoms with Gasteiger partial charge < -0.3 is 0 Å². The van der Waals surface area contributed by atoms with Gasteiger partial charge in [0.05, 0.1) is 0 Å². The van der Waals surface area contributed by atoms with E-state index in [-0.39, 0.29) is 0 Å². The fourth-order valence-corrected chi connectivity index (χ4v) is 11.1. The van der Waals surface area contributed by atoms with Crippen LogP contribution in [0.1, 0.15) is 39.5 Å². The average Bonchev–Trinajstić information content (AvgIpc) is 2.75. The molecule has 0 saturated heterocycles. The third-order valence-corrected chi connectivity index (χ3v) is 12.5.